The quantitative estimate of drug-likeness (QED) is 0.814. The fourth-order valence-electron chi connectivity index (χ4n) is 1.64. The van der Waals surface area contributed by atoms with Crippen molar-refractivity contribution in [2.24, 2.45) is 0 Å². The largest absolute Gasteiger partial charge is 0.548 e. The molecular formula is C14H11BrNO4-. The number of rotatable bonds is 5. The van der Waals surface area contributed by atoms with Gasteiger partial charge in [-0.25, -0.2) is 0 Å². The maximum Gasteiger partial charge on any atom is 0.268 e. The molecule has 0 unspecified atom stereocenters. The molecule has 0 amide bonds. The molecule has 0 fully saturated rings. The molecule has 0 saturated heterocycles. The Balaban J connectivity index is 2.15. The number of carbonyl (C=O) groups is 1. The number of halogens is 1. The van der Waals surface area contributed by atoms with Gasteiger partial charge >= 0.3 is 0 Å². The van der Waals surface area contributed by atoms with Crippen LogP contribution in [0.25, 0.3) is 0 Å². The Hall–Kier alpha value is -2.08. The lowest BCUT2D eigenvalue weighted by molar-refractivity contribution is -0.306. The highest BCUT2D eigenvalue weighted by molar-refractivity contribution is 9.10. The Morgan fingerprint density at radius 2 is 1.95 bits per heavy atom. The van der Waals surface area contributed by atoms with Gasteiger partial charge in [-0.3, -0.25) is 4.79 Å². The van der Waals surface area contributed by atoms with Crippen LogP contribution in [-0.4, -0.2) is 10.5 Å². The first-order valence-electron chi connectivity index (χ1n) is 5.83. The standard InChI is InChI=1S/C14H12BrNO4/c15-13-11(20-9-10-4-2-1-3-5-10)6-7-16(14(13)19)8-12(17)18/h1-7H,8-9H2,(H,17,18)/p-1. The van der Waals surface area contributed by atoms with Crippen molar-refractivity contribution in [3.05, 3.63) is 63.0 Å². The van der Waals surface area contributed by atoms with Gasteiger partial charge in [-0.05, 0) is 27.6 Å². The molecule has 0 N–H and O–H groups in total. The minimum Gasteiger partial charge on any atom is -0.548 e. The zero-order valence-electron chi connectivity index (χ0n) is 10.4. The summed E-state index contributed by atoms with van der Waals surface area (Å²) in [5.74, 6) is -0.953. The number of hydrogen-bond acceptors (Lipinski definition) is 4. The Kier molecular flexibility index (Phi) is 4.57. The average molecular weight is 337 g/mol. The molecule has 104 valence electrons. The molecule has 0 bridgehead atoms. The van der Waals surface area contributed by atoms with Crippen LogP contribution in [0.15, 0.2) is 51.9 Å². The molecule has 1 aromatic heterocycles. The molecule has 6 heteroatoms. The van der Waals surface area contributed by atoms with Crippen LogP contribution in [0.1, 0.15) is 5.56 Å². The molecule has 1 heterocycles. The second-order valence-corrected chi connectivity index (χ2v) is 4.87. The maximum absolute atomic E-state index is 11.9. The van der Waals surface area contributed by atoms with Crippen molar-refractivity contribution < 1.29 is 14.6 Å². The number of ether oxygens (including phenoxy) is 1. The van der Waals surface area contributed by atoms with Gasteiger partial charge in [-0.2, -0.15) is 0 Å². The third kappa shape index (κ3) is 3.48. The number of carboxylic acid groups (broad SMARTS) is 1. The van der Waals surface area contributed by atoms with E-state index < -0.39 is 18.1 Å². The normalized spacial score (nSPS) is 10.2. The van der Waals surface area contributed by atoms with E-state index in [2.05, 4.69) is 15.9 Å². The summed E-state index contributed by atoms with van der Waals surface area (Å²) >= 11 is 3.12. The van der Waals surface area contributed by atoms with Crippen LogP contribution in [0.4, 0.5) is 0 Å². The van der Waals surface area contributed by atoms with Crippen molar-refractivity contribution in [3.8, 4) is 5.75 Å². The van der Waals surface area contributed by atoms with Gasteiger partial charge in [0.15, 0.2) is 0 Å². The molecule has 2 rings (SSSR count). The van der Waals surface area contributed by atoms with Gasteiger partial charge in [-0.15, -0.1) is 0 Å². The first kappa shape index (κ1) is 14.3. The number of pyridine rings is 1. The fraction of sp³-hybridized carbons (Fsp3) is 0.143. The monoisotopic (exact) mass is 336 g/mol. The predicted molar refractivity (Wildman–Crippen MR) is 74.2 cm³/mol. The van der Waals surface area contributed by atoms with Crippen LogP contribution in [0.2, 0.25) is 0 Å². The predicted octanol–water partition coefficient (Wildman–Crippen LogP) is 0.940. The minimum absolute atomic E-state index is 0.192. The van der Waals surface area contributed by atoms with Crippen LogP contribution in [0.3, 0.4) is 0 Å². The van der Waals surface area contributed by atoms with Crippen LogP contribution >= 0.6 is 15.9 Å². The summed E-state index contributed by atoms with van der Waals surface area (Å²) < 4.78 is 6.77. The van der Waals surface area contributed by atoms with E-state index in [-0.39, 0.29) is 4.47 Å². The van der Waals surface area contributed by atoms with Crippen LogP contribution in [0, 0.1) is 0 Å². The van der Waals surface area contributed by atoms with Gasteiger partial charge in [0.25, 0.3) is 5.56 Å². The number of aliphatic carboxylic acids is 1. The number of hydrogen-bond donors (Lipinski definition) is 0. The van der Waals surface area contributed by atoms with Crippen LogP contribution < -0.4 is 15.4 Å². The molecule has 0 atom stereocenters. The number of benzene rings is 1. The molecule has 2 aromatic rings. The first-order chi connectivity index (χ1) is 9.58. The molecule has 5 nitrogen and oxygen atoms in total. The van der Waals surface area contributed by atoms with Gasteiger partial charge in [0.2, 0.25) is 0 Å². The summed E-state index contributed by atoms with van der Waals surface area (Å²) in [4.78, 5) is 22.4. The number of carboxylic acids is 1. The molecule has 0 aliphatic carbocycles. The van der Waals surface area contributed by atoms with E-state index in [1.807, 2.05) is 30.3 Å². The Morgan fingerprint density at radius 1 is 1.25 bits per heavy atom. The van der Waals surface area contributed by atoms with Gasteiger partial charge < -0.3 is 19.2 Å². The molecule has 0 aliphatic heterocycles. The zero-order chi connectivity index (χ0) is 14.5. The van der Waals surface area contributed by atoms with Crippen molar-refractivity contribution in [3.63, 3.8) is 0 Å². The second-order valence-electron chi connectivity index (χ2n) is 4.07. The highest BCUT2D eigenvalue weighted by atomic mass is 79.9. The molecule has 1 aromatic carbocycles. The van der Waals surface area contributed by atoms with Crippen molar-refractivity contribution in [1.82, 2.24) is 4.57 Å². The number of carbonyl (C=O) groups excluding carboxylic acids is 1. The molecule has 0 spiro atoms. The third-order valence-electron chi connectivity index (χ3n) is 2.61. The van der Waals surface area contributed by atoms with E-state index in [1.54, 1.807) is 0 Å². The van der Waals surface area contributed by atoms with Crippen molar-refractivity contribution in [1.29, 1.82) is 0 Å². The van der Waals surface area contributed by atoms with Crippen molar-refractivity contribution in [2.45, 2.75) is 13.2 Å². The summed E-state index contributed by atoms with van der Waals surface area (Å²) in [5, 5.41) is 10.5. The van der Waals surface area contributed by atoms with Crippen LogP contribution in [-0.2, 0) is 17.9 Å². The van der Waals surface area contributed by atoms with Gasteiger partial charge in [0, 0.05) is 6.20 Å². The Morgan fingerprint density at radius 3 is 2.60 bits per heavy atom. The number of nitrogens with zero attached hydrogens (tertiary/aromatic N) is 1. The average Bonchev–Trinajstić information content (AvgIpc) is 2.44. The lowest BCUT2D eigenvalue weighted by Crippen LogP contribution is -2.32. The van der Waals surface area contributed by atoms with E-state index in [4.69, 9.17) is 4.74 Å². The van der Waals surface area contributed by atoms with Gasteiger partial charge in [-0.1, -0.05) is 30.3 Å². The highest BCUT2D eigenvalue weighted by Gasteiger charge is 2.08. The van der Waals surface area contributed by atoms with Crippen LogP contribution in [0.5, 0.6) is 5.75 Å². The summed E-state index contributed by atoms with van der Waals surface area (Å²) in [6.45, 7) is -0.167. The SMILES string of the molecule is O=C([O-])Cn1ccc(OCc2ccccc2)c(Br)c1=O. The fourth-order valence-corrected chi connectivity index (χ4v) is 2.11. The van der Waals surface area contributed by atoms with Crippen molar-refractivity contribution >= 4 is 21.9 Å². The maximum atomic E-state index is 11.9. The molecular weight excluding hydrogens is 326 g/mol. The van der Waals surface area contributed by atoms with E-state index in [0.717, 1.165) is 10.1 Å². The van der Waals surface area contributed by atoms with Gasteiger partial charge in [0.05, 0.1) is 12.5 Å². The summed E-state index contributed by atoms with van der Waals surface area (Å²) in [5.41, 5.74) is 0.498. The molecule has 0 saturated carbocycles. The van der Waals surface area contributed by atoms with E-state index in [1.165, 1.54) is 12.3 Å². The lowest BCUT2D eigenvalue weighted by atomic mass is 10.2. The smallest absolute Gasteiger partial charge is 0.268 e. The summed E-state index contributed by atoms with van der Waals surface area (Å²) in [7, 11) is 0. The first-order valence-corrected chi connectivity index (χ1v) is 6.62. The number of aromatic nitrogens is 1. The van der Waals surface area contributed by atoms with E-state index >= 15 is 0 Å². The zero-order valence-corrected chi connectivity index (χ0v) is 12.0. The summed E-state index contributed by atoms with van der Waals surface area (Å²) in [6.07, 6.45) is 1.36. The van der Waals surface area contributed by atoms with Gasteiger partial charge in [0.1, 0.15) is 16.8 Å². The molecule has 20 heavy (non-hydrogen) atoms. The second kappa shape index (κ2) is 6.38. The lowest BCUT2D eigenvalue weighted by Gasteiger charge is -2.11. The molecule has 0 radical (unpaired) electrons. The molecule has 0 aliphatic rings. The van der Waals surface area contributed by atoms with E-state index in [0.29, 0.717) is 12.4 Å². The Labute approximate surface area is 123 Å². The topological polar surface area (TPSA) is 71.4 Å². The van der Waals surface area contributed by atoms with Crippen molar-refractivity contribution in [2.75, 3.05) is 0 Å². The Bertz CT molecular complexity index is 667. The van der Waals surface area contributed by atoms with E-state index in [9.17, 15) is 14.7 Å². The minimum atomic E-state index is -1.32. The highest BCUT2D eigenvalue weighted by Crippen LogP contribution is 2.21. The summed E-state index contributed by atoms with van der Waals surface area (Å²) in [6, 6.07) is 11.0. The third-order valence-corrected chi connectivity index (χ3v) is 3.34.